The molecule has 0 saturated carbocycles. The third-order valence-corrected chi connectivity index (χ3v) is 3.86. The monoisotopic (exact) mass is 376 g/mol. The fourth-order valence-electron chi connectivity index (χ4n) is 1.86. The molecule has 23 heavy (non-hydrogen) atoms. The van der Waals surface area contributed by atoms with E-state index in [0.29, 0.717) is 11.3 Å². The molecule has 2 rings (SSSR count). The lowest BCUT2D eigenvalue weighted by Crippen LogP contribution is -2.43. The van der Waals surface area contributed by atoms with Gasteiger partial charge in [0.1, 0.15) is 5.75 Å². The van der Waals surface area contributed by atoms with Gasteiger partial charge >= 0.3 is 0 Å². The molecule has 0 saturated heterocycles. The van der Waals surface area contributed by atoms with Gasteiger partial charge in [-0.2, -0.15) is 0 Å². The molecule has 120 valence electrons. The fraction of sp³-hybridized carbons (Fsp3) is 0.176. The molecule has 6 heteroatoms. The van der Waals surface area contributed by atoms with Crippen LogP contribution in [0.5, 0.6) is 5.75 Å². The van der Waals surface area contributed by atoms with Gasteiger partial charge in [-0.1, -0.05) is 28.1 Å². The predicted octanol–water partition coefficient (Wildman–Crippen LogP) is 2.91. The van der Waals surface area contributed by atoms with Crippen LogP contribution in [0.25, 0.3) is 0 Å². The molecule has 0 atom stereocenters. The van der Waals surface area contributed by atoms with Gasteiger partial charge in [0.15, 0.2) is 6.61 Å². The lowest BCUT2D eigenvalue weighted by molar-refractivity contribution is -0.123. The first-order valence-electron chi connectivity index (χ1n) is 7.01. The van der Waals surface area contributed by atoms with Crippen LogP contribution in [0.15, 0.2) is 46.9 Å². The van der Waals surface area contributed by atoms with Crippen molar-refractivity contribution in [2.45, 2.75) is 13.8 Å². The summed E-state index contributed by atoms with van der Waals surface area (Å²) in [5, 5.41) is 0. The zero-order chi connectivity index (χ0) is 16.8. The molecule has 5 nitrogen and oxygen atoms in total. The maximum absolute atomic E-state index is 11.9. The SMILES string of the molecule is Cc1cccc(OCC(=O)NNC(=O)c2ccc(Br)cc2)c1C. The average molecular weight is 377 g/mol. The van der Waals surface area contributed by atoms with Gasteiger partial charge < -0.3 is 4.74 Å². The summed E-state index contributed by atoms with van der Waals surface area (Å²) in [6.07, 6.45) is 0. The van der Waals surface area contributed by atoms with Crippen molar-refractivity contribution in [1.29, 1.82) is 0 Å². The molecule has 0 unspecified atom stereocenters. The molecule has 0 radical (unpaired) electrons. The summed E-state index contributed by atoms with van der Waals surface area (Å²) >= 11 is 3.29. The molecule has 0 aromatic heterocycles. The Morgan fingerprint density at radius 3 is 2.43 bits per heavy atom. The highest BCUT2D eigenvalue weighted by atomic mass is 79.9. The highest BCUT2D eigenvalue weighted by Crippen LogP contribution is 2.20. The van der Waals surface area contributed by atoms with Gasteiger partial charge in [-0.3, -0.25) is 20.4 Å². The van der Waals surface area contributed by atoms with Crippen molar-refractivity contribution >= 4 is 27.7 Å². The number of carbonyl (C=O) groups excluding carboxylic acids is 2. The Bertz CT molecular complexity index is 714. The molecule has 2 amide bonds. The zero-order valence-electron chi connectivity index (χ0n) is 12.9. The number of hydrogen-bond donors (Lipinski definition) is 2. The van der Waals surface area contributed by atoms with Crippen LogP contribution in [0.3, 0.4) is 0 Å². The van der Waals surface area contributed by atoms with E-state index in [1.165, 1.54) is 0 Å². The quantitative estimate of drug-likeness (QED) is 0.806. The lowest BCUT2D eigenvalue weighted by atomic mass is 10.1. The highest BCUT2D eigenvalue weighted by Gasteiger charge is 2.09. The normalized spacial score (nSPS) is 10.0. The van der Waals surface area contributed by atoms with Crippen LogP contribution in [0.1, 0.15) is 21.5 Å². The number of hydrazine groups is 1. The van der Waals surface area contributed by atoms with Crippen LogP contribution in [0, 0.1) is 13.8 Å². The Morgan fingerprint density at radius 1 is 1.04 bits per heavy atom. The Kier molecular flexibility index (Phi) is 5.76. The summed E-state index contributed by atoms with van der Waals surface area (Å²) in [6, 6.07) is 12.4. The van der Waals surface area contributed by atoms with E-state index in [9.17, 15) is 9.59 Å². The first-order valence-corrected chi connectivity index (χ1v) is 7.80. The average Bonchev–Trinajstić information content (AvgIpc) is 2.54. The number of nitrogens with one attached hydrogen (secondary N) is 2. The fourth-order valence-corrected chi connectivity index (χ4v) is 2.12. The minimum Gasteiger partial charge on any atom is -0.483 e. The second-order valence-electron chi connectivity index (χ2n) is 5.00. The van der Waals surface area contributed by atoms with Crippen molar-refractivity contribution in [2.24, 2.45) is 0 Å². The molecule has 0 spiro atoms. The zero-order valence-corrected chi connectivity index (χ0v) is 14.4. The van der Waals surface area contributed by atoms with E-state index in [1.54, 1.807) is 30.3 Å². The van der Waals surface area contributed by atoms with Crippen LogP contribution in [-0.2, 0) is 4.79 Å². The van der Waals surface area contributed by atoms with Crippen LogP contribution >= 0.6 is 15.9 Å². The summed E-state index contributed by atoms with van der Waals surface area (Å²) in [5.74, 6) is -0.173. The van der Waals surface area contributed by atoms with Gasteiger partial charge in [-0.25, -0.2) is 0 Å². The molecule has 0 aliphatic carbocycles. The Labute approximate surface area is 143 Å². The van der Waals surface area contributed by atoms with Crippen LogP contribution in [0.2, 0.25) is 0 Å². The Hall–Kier alpha value is -2.34. The number of carbonyl (C=O) groups is 2. The standard InChI is InChI=1S/C17H17BrN2O3/c1-11-4-3-5-15(12(11)2)23-10-16(21)19-20-17(22)13-6-8-14(18)9-7-13/h3-9H,10H2,1-2H3,(H,19,21)(H,20,22). The summed E-state index contributed by atoms with van der Waals surface area (Å²) < 4.78 is 6.34. The summed E-state index contributed by atoms with van der Waals surface area (Å²) in [6.45, 7) is 3.73. The molecule has 2 aromatic carbocycles. The highest BCUT2D eigenvalue weighted by molar-refractivity contribution is 9.10. The van der Waals surface area contributed by atoms with Crippen molar-refractivity contribution < 1.29 is 14.3 Å². The largest absolute Gasteiger partial charge is 0.483 e. The van der Waals surface area contributed by atoms with E-state index in [2.05, 4.69) is 26.8 Å². The van der Waals surface area contributed by atoms with Gasteiger partial charge in [-0.05, 0) is 55.3 Å². The van der Waals surface area contributed by atoms with Crippen LogP contribution < -0.4 is 15.6 Å². The summed E-state index contributed by atoms with van der Waals surface area (Å²) in [4.78, 5) is 23.6. The second kappa shape index (κ2) is 7.78. The molecule has 0 aliphatic heterocycles. The van der Waals surface area contributed by atoms with Crippen LogP contribution in [-0.4, -0.2) is 18.4 Å². The van der Waals surface area contributed by atoms with Crippen molar-refractivity contribution in [3.8, 4) is 5.75 Å². The number of rotatable bonds is 4. The number of halogens is 1. The smallest absolute Gasteiger partial charge is 0.276 e. The number of aryl methyl sites for hydroxylation is 1. The van der Waals surface area contributed by atoms with Crippen LogP contribution in [0.4, 0.5) is 0 Å². The molecule has 0 heterocycles. The third-order valence-electron chi connectivity index (χ3n) is 3.34. The first kappa shape index (κ1) is 17.0. The second-order valence-corrected chi connectivity index (χ2v) is 5.91. The number of hydrogen-bond acceptors (Lipinski definition) is 3. The number of benzene rings is 2. The molecule has 0 aliphatic rings. The minimum absolute atomic E-state index is 0.176. The van der Waals surface area contributed by atoms with Gasteiger partial charge in [0, 0.05) is 10.0 Å². The van der Waals surface area contributed by atoms with E-state index in [1.807, 2.05) is 26.0 Å². The Balaban J connectivity index is 1.82. The van der Waals surface area contributed by atoms with Gasteiger partial charge in [0.2, 0.25) is 0 Å². The van der Waals surface area contributed by atoms with Gasteiger partial charge in [0.05, 0.1) is 0 Å². The molecule has 0 fully saturated rings. The lowest BCUT2D eigenvalue weighted by Gasteiger charge is -2.11. The maximum atomic E-state index is 11.9. The third kappa shape index (κ3) is 4.82. The van der Waals surface area contributed by atoms with E-state index in [4.69, 9.17) is 4.74 Å². The minimum atomic E-state index is -0.434. The molecular formula is C17H17BrN2O3. The first-order chi connectivity index (χ1) is 11.0. The number of ether oxygens (including phenoxy) is 1. The summed E-state index contributed by atoms with van der Waals surface area (Å²) in [5.41, 5.74) is 7.19. The topological polar surface area (TPSA) is 67.4 Å². The molecule has 2 N–H and O–H groups in total. The van der Waals surface area contributed by atoms with E-state index < -0.39 is 11.8 Å². The Morgan fingerprint density at radius 2 is 1.74 bits per heavy atom. The molecule has 0 bridgehead atoms. The molecule has 2 aromatic rings. The molecular weight excluding hydrogens is 360 g/mol. The van der Waals surface area contributed by atoms with E-state index >= 15 is 0 Å². The predicted molar refractivity (Wildman–Crippen MR) is 91.2 cm³/mol. The maximum Gasteiger partial charge on any atom is 0.276 e. The summed E-state index contributed by atoms with van der Waals surface area (Å²) in [7, 11) is 0. The number of amides is 2. The van der Waals surface area contributed by atoms with E-state index in [0.717, 1.165) is 15.6 Å². The van der Waals surface area contributed by atoms with E-state index in [-0.39, 0.29) is 6.61 Å². The van der Waals surface area contributed by atoms with Crippen molar-refractivity contribution in [3.05, 3.63) is 63.6 Å². The van der Waals surface area contributed by atoms with Crippen molar-refractivity contribution in [2.75, 3.05) is 6.61 Å². The van der Waals surface area contributed by atoms with Gasteiger partial charge in [-0.15, -0.1) is 0 Å². The van der Waals surface area contributed by atoms with Gasteiger partial charge in [0.25, 0.3) is 11.8 Å². The van der Waals surface area contributed by atoms with Crippen molar-refractivity contribution in [3.63, 3.8) is 0 Å². The van der Waals surface area contributed by atoms with Crippen molar-refractivity contribution in [1.82, 2.24) is 10.9 Å².